The van der Waals surface area contributed by atoms with E-state index < -0.39 is 0 Å². The van der Waals surface area contributed by atoms with Crippen molar-refractivity contribution in [2.24, 2.45) is 0 Å². The van der Waals surface area contributed by atoms with E-state index in [0.717, 1.165) is 32.1 Å². The summed E-state index contributed by atoms with van der Waals surface area (Å²) in [5.41, 5.74) is 9.46. The number of allylic oxidation sites excluding steroid dienone is 3. The lowest BCUT2D eigenvalue weighted by atomic mass is 9.98. The molecule has 1 aliphatic rings. The van der Waals surface area contributed by atoms with Gasteiger partial charge in [0, 0.05) is 43.5 Å². The Bertz CT molecular complexity index is 1340. The molecule has 5 rings (SSSR count). The smallest absolute Gasteiger partial charge is 0.0462 e. The highest BCUT2D eigenvalue weighted by Gasteiger charge is 2.15. The predicted octanol–water partition coefficient (Wildman–Crippen LogP) is 8.47. The fraction of sp³-hybridized carbons (Fsp3) is 0.241. The van der Waals surface area contributed by atoms with Gasteiger partial charge in [-0.2, -0.15) is 0 Å². The van der Waals surface area contributed by atoms with E-state index in [2.05, 4.69) is 80.0 Å². The second kappa shape index (κ2) is 8.36. The first kappa shape index (κ1) is 20.1. The van der Waals surface area contributed by atoms with Gasteiger partial charge in [-0.15, -0.1) is 11.3 Å². The fourth-order valence-corrected chi connectivity index (χ4v) is 5.84. The van der Waals surface area contributed by atoms with E-state index in [-0.39, 0.29) is 0 Å². The fourth-order valence-electron chi connectivity index (χ4n) is 4.64. The molecule has 4 aromatic rings. The highest BCUT2D eigenvalue weighted by molar-refractivity contribution is 7.19. The zero-order valence-corrected chi connectivity index (χ0v) is 19.2. The minimum Gasteiger partial charge on any atom is -0.358 e. The van der Waals surface area contributed by atoms with Crippen LogP contribution in [0.3, 0.4) is 0 Å². The molecule has 0 fully saturated rings. The molecule has 0 spiro atoms. The number of nitrogens with one attached hydrogen (secondary N) is 1. The zero-order valence-electron chi connectivity index (χ0n) is 18.4. The van der Waals surface area contributed by atoms with Crippen molar-refractivity contribution in [3.63, 3.8) is 0 Å². The third kappa shape index (κ3) is 3.70. The van der Waals surface area contributed by atoms with Gasteiger partial charge in [0.1, 0.15) is 0 Å². The highest BCUT2D eigenvalue weighted by Crippen LogP contribution is 2.37. The van der Waals surface area contributed by atoms with Gasteiger partial charge in [0.2, 0.25) is 0 Å². The molecule has 2 aromatic heterocycles. The molecule has 156 valence electrons. The number of hydrogen-bond donors (Lipinski definition) is 1. The molecular formula is C29H29NS. The Kier molecular flexibility index (Phi) is 5.41. The Morgan fingerprint density at radius 3 is 2.74 bits per heavy atom. The second-order valence-electron chi connectivity index (χ2n) is 8.41. The summed E-state index contributed by atoms with van der Waals surface area (Å²) in [6.45, 7) is 8.47. The number of rotatable bonds is 6. The third-order valence-corrected chi connectivity index (χ3v) is 7.66. The lowest BCUT2D eigenvalue weighted by molar-refractivity contribution is 0.951. The van der Waals surface area contributed by atoms with Gasteiger partial charge >= 0.3 is 0 Å². The van der Waals surface area contributed by atoms with Gasteiger partial charge in [-0.05, 0) is 72.2 Å². The van der Waals surface area contributed by atoms with Gasteiger partial charge in [-0.3, -0.25) is 0 Å². The number of thiophene rings is 1. The first-order chi connectivity index (χ1) is 15.2. The zero-order chi connectivity index (χ0) is 21.4. The van der Waals surface area contributed by atoms with Crippen LogP contribution in [0, 0.1) is 0 Å². The molecule has 2 aromatic carbocycles. The van der Waals surface area contributed by atoms with E-state index in [0.29, 0.717) is 0 Å². The lowest BCUT2D eigenvalue weighted by Gasteiger charge is -2.06. The van der Waals surface area contributed by atoms with Gasteiger partial charge in [0.25, 0.3) is 0 Å². The van der Waals surface area contributed by atoms with Gasteiger partial charge in [-0.25, -0.2) is 0 Å². The Labute approximate surface area is 188 Å². The average Bonchev–Trinajstić information content (AvgIpc) is 3.34. The maximum absolute atomic E-state index is 4.03. The number of benzene rings is 2. The van der Waals surface area contributed by atoms with Crippen LogP contribution in [0.4, 0.5) is 0 Å². The number of fused-ring (bicyclic) bond motifs is 4. The number of H-pyrrole nitrogens is 1. The van der Waals surface area contributed by atoms with Crippen LogP contribution >= 0.6 is 11.3 Å². The van der Waals surface area contributed by atoms with E-state index in [1.807, 2.05) is 17.4 Å². The molecule has 1 nitrogen and oxygen atoms in total. The van der Waals surface area contributed by atoms with Crippen molar-refractivity contribution in [2.45, 2.75) is 46.0 Å². The van der Waals surface area contributed by atoms with Crippen molar-refractivity contribution < 1.29 is 0 Å². The average molecular weight is 424 g/mol. The van der Waals surface area contributed by atoms with Crippen LogP contribution in [-0.4, -0.2) is 4.98 Å². The number of aromatic nitrogens is 1. The highest BCUT2D eigenvalue weighted by atomic mass is 32.1. The summed E-state index contributed by atoms with van der Waals surface area (Å²) in [5.74, 6) is 0. The second-order valence-corrected chi connectivity index (χ2v) is 9.55. The summed E-state index contributed by atoms with van der Waals surface area (Å²) in [6.07, 6.45) is 14.2. The van der Waals surface area contributed by atoms with Crippen LogP contribution in [0.15, 0.2) is 60.7 Å². The number of aromatic amines is 1. The largest absolute Gasteiger partial charge is 0.358 e. The van der Waals surface area contributed by atoms with Crippen molar-refractivity contribution >= 4 is 44.5 Å². The Hall–Kier alpha value is -2.84. The molecule has 0 saturated heterocycles. The van der Waals surface area contributed by atoms with Crippen LogP contribution in [0.1, 0.15) is 59.5 Å². The minimum absolute atomic E-state index is 0.959. The summed E-state index contributed by atoms with van der Waals surface area (Å²) in [6, 6.07) is 13.9. The molecule has 0 radical (unpaired) electrons. The Morgan fingerprint density at radius 2 is 1.94 bits per heavy atom. The molecule has 0 bridgehead atoms. The summed E-state index contributed by atoms with van der Waals surface area (Å²) in [4.78, 5) is 5.06. The first-order valence-corrected chi connectivity index (χ1v) is 12.2. The molecule has 0 saturated carbocycles. The molecule has 0 unspecified atom stereocenters. The SMILES string of the molecule is C=C/C(=C\c1c(Cc2ccc3[nH]c4c(c3c2)C=CCC4)sc2ccc(CC)cc12)CC. The first-order valence-electron chi connectivity index (χ1n) is 11.4. The third-order valence-electron chi connectivity index (χ3n) is 6.47. The van der Waals surface area contributed by atoms with Crippen molar-refractivity contribution in [3.8, 4) is 0 Å². The maximum atomic E-state index is 4.03. The molecule has 0 aliphatic heterocycles. The molecule has 2 heterocycles. The molecule has 1 N–H and O–H groups in total. The minimum atomic E-state index is 0.959. The lowest BCUT2D eigenvalue weighted by Crippen LogP contribution is -1.91. The monoisotopic (exact) mass is 423 g/mol. The van der Waals surface area contributed by atoms with Crippen LogP contribution in [0.5, 0.6) is 0 Å². The van der Waals surface area contributed by atoms with E-state index in [4.69, 9.17) is 0 Å². The predicted molar refractivity (Wildman–Crippen MR) is 138 cm³/mol. The van der Waals surface area contributed by atoms with Crippen molar-refractivity contribution in [3.05, 3.63) is 93.5 Å². The maximum Gasteiger partial charge on any atom is 0.0462 e. The topological polar surface area (TPSA) is 15.8 Å². The van der Waals surface area contributed by atoms with E-state index in [1.165, 1.54) is 59.4 Å². The number of aryl methyl sites for hydroxylation is 2. The van der Waals surface area contributed by atoms with E-state index in [1.54, 1.807) is 0 Å². The van der Waals surface area contributed by atoms with Crippen LogP contribution in [-0.2, 0) is 19.3 Å². The molecule has 31 heavy (non-hydrogen) atoms. The molecule has 0 amide bonds. The summed E-state index contributed by atoms with van der Waals surface area (Å²) >= 11 is 1.94. The number of hydrogen-bond acceptors (Lipinski definition) is 1. The van der Waals surface area contributed by atoms with Gasteiger partial charge < -0.3 is 4.98 Å². The van der Waals surface area contributed by atoms with Crippen LogP contribution < -0.4 is 0 Å². The van der Waals surface area contributed by atoms with Crippen molar-refractivity contribution in [1.29, 1.82) is 0 Å². The molecule has 1 aliphatic carbocycles. The van der Waals surface area contributed by atoms with Gasteiger partial charge in [0.15, 0.2) is 0 Å². The molecule has 0 atom stereocenters. The van der Waals surface area contributed by atoms with Crippen LogP contribution in [0.25, 0.3) is 33.1 Å². The van der Waals surface area contributed by atoms with Crippen molar-refractivity contribution in [2.75, 3.05) is 0 Å². The Balaban J connectivity index is 1.62. The summed E-state index contributed by atoms with van der Waals surface area (Å²) in [7, 11) is 0. The Morgan fingerprint density at radius 1 is 1.10 bits per heavy atom. The molecule has 2 heteroatoms. The van der Waals surface area contributed by atoms with E-state index in [9.17, 15) is 0 Å². The molecular weight excluding hydrogens is 394 g/mol. The van der Waals surface area contributed by atoms with Crippen molar-refractivity contribution in [1.82, 2.24) is 4.98 Å². The summed E-state index contributed by atoms with van der Waals surface area (Å²) in [5, 5.41) is 2.74. The normalized spacial score (nSPS) is 13.8. The quantitative estimate of drug-likeness (QED) is 0.299. The summed E-state index contributed by atoms with van der Waals surface area (Å²) < 4.78 is 1.38. The van der Waals surface area contributed by atoms with E-state index >= 15 is 0 Å². The van der Waals surface area contributed by atoms with Gasteiger partial charge in [-0.1, -0.05) is 56.9 Å². The van der Waals surface area contributed by atoms with Gasteiger partial charge in [0.05, 0.1) is 0 Å². The standard InChI is InChI=1S/C29H29NS/c1-4-19(5-2)15-25-24-16-20(6-3)12-14-28(24)31-29(25)18-21-11-13-27-23(17-21)22-9-7-8-10-26(22)30-27/h4,7,9,11-17,30H,1,5-6,8,10,18H2,2-3H3/b19-15+. The van der Waals surface area contributed by atoms with Crippen LogP contribution in [0.2, 0.25) is 0 Å².